The number of rotatable bonds is 6. The quantitative estimate of drug-likeness (QED) is 0.728. The molecule has 1 fully saturated rings. The van der Waals surface area contributed by atoms with Crippen molar-refractivity contribution in [3.63, 3.8) is 0 Å². The van der Waals surface area contributed by atoms with E-state index in [4.69, 9.17) is 21.4 Å². The van der Waals surface area contributed by atoms with Crippen molar-refractivity contribution in [2.24, 2.45) is 0 Å². The van der Waals surface area contributed by atoms with Gasteiger partial charge in [0.1, 0.15) is 15.5 Å². The Morgan fingerprint density at radius 1 is 1.48 bits per heavy atom. The van der Waals surface area contributed by atoms with Crippen LogP contribution >= 0.6 is 11.6 Å². The van der Waals surface area contributed by atoms with Crippen LogP contribution in [-0.4, -0.2) is 43.1 Å². The third kappa shape index (κ3) is 2.92. The summed E-state index contributed by atoms with van der Waals surface area (Å²) in [6, 6.07) is 2.01. The number of nitrogens with one attached hydrogen (secondary N) is 1. The summed E-state index contributed by atoms with van der Waals surface area (Å²) in [6.45, 7) is 0.0323. The Kier molecular flexibility index (Phi) is 4.05. The zero-order valence-electron chi connectivity index (χ0n) is 11.1. The summed E-state index contributed by atoms with van der Waals surface area (Å²) in [5.74, 6) is -1.81. The lowest BCUT2D eigenvalue weighted by Crippen LogP contribution is -2.33. The van der Waals surface area contributed by atoms with Gasteiger partial charge in [-0.15, -0.1) is 0 Å². The monoisotopic (exact) mass is 335 g/mol. The molecule has 0 aromatic heterocycles. The first-order valence-electron chi connectivity index (χ1n) is 5.99. The van der Waals surface area contributed by atoms with Gasteiger partial charge in [0.25, 0.3) is 0 Å². The molecule has 1 aliphatic carbocycles. The van der Waals surface area contributed by atoms with Crippen molar-refractivity contribution in [1.29, 1.82) is 0 Å². The van der Waals surface area contributed by atoms with Crippen LogP contribution in [0.3, 0.4) is 0 Å². The van der Waals surface area contributed by atoms with E-state index in [0.29, 0.717) is 12.8 Å². The highest BCUT2D eigenvalue weighted by Crippen LogP contribution is 2.45. The fraction of sp³-hybridized carbons (Fsp3) is 0.417. The Morgan fingerprint density at radius 3 is 2.57 bits per heavy atom. The highest BCUT2D eigenvalue weighted by molar-refractivity contribution is 7.94. The van der Waals surface area contributed by atoms with Crippen molar-refractivity contribution in [2.75, 3.05) is 18.4 Å². The molecular formula is C12H14ClNO6S. The number of halogens is 1. The number of hydrogen-bond acceptors (Lipinski definition) is 5. The molecule has 1 aliphatic rings. The maximum Gasteiger partial charge on any atom is 0.335 e. The van der Waals surface area contributed by atoms with Gasteiger partial charge >= 0.3 is 5.97 Å². The molecule has 1 aromatic carbocycles. The Hall–Kier alpha value is -1.51. The number of aromatic carboxylic acids is 1. The van der Waals surface area contributed by atoms with Crippen LogP contribution in [0.1, 0.15) is 23.2 Å². The minimum Gasteiger partial charge on any atom is -0.506 e. The second-order valence-electron chi connectivity index (χ2n) is 4.88. The van der Waals surface area contributed by atoms with E-state index in [1.165, 1.54) is 7.11 Å². The molecule has 2 rings (SSSR count). The molecule has 0 saturated heterocycles. The Balaban J connectivity index is 2.38. The third-order valence-electron chi connectivity index (χ3n) is 3.33. The average molecular weight is 336 g/mol. The normalized spacial score (nSPS) is 16.5. The topological polar surface area (TPSA) is 113 Å². The SMILES string of the molecule is COCC1(S(=O)(=O)Nc2cc(C(=O)O)cc(O)c2Cl)CC1. The summed E-state index contributed by atoms with van der Waals surface area (Å²) in [6.07, 6.45) is 0.886. The average Bonchev–Trinajstić information content (AvgIpc) is 3.16. The van der Waals surface area contributed by atoms with Crippen LogP contribution < -0.4 is 4.72 Å². The summed E-state index contributed by atoms with van der Waals surface area (Å²) in [4.78, 5) is 10.9. The van der Waals surface area contributed by atoms with E-state index in [-0.39, 0.29) is 22.9 Å². The smallest absolute Gasteiger partial charge is 0.335 e. The van der Waals surface area contributed by atoms with Gasteiger partial charge in [0, 0.05) is 7.11 Å². The lowest BCUT2D eigenvalue weighted by atomic mass is 10.2. The van der Waals surface area contributed by atoms with Gasteiger partial charge < -0.3 is 14.9 Å². The van der Waals surface area contributed by atoms with Crippen LogP contribution in [0.4, 0.5) is 5.69 Å². The van der Waals surface area contributed by atoms with Crippen LogP contribution in [0.5, 0.6) is 5.75 Å². The third-order valence-corrected chi connectivity index (χ3v) is 5.88. The molecule has 0 heterocycles. The predicted molar refractivity (Wildman–Crippen MR) is 76.5 cm³/mol. The van der Waals surface area contributed by atoms with Crippen molar-refractivity contribution in [3.8, 4) is 5.75 Å². The van der Waals surface area contributed by atoms with E-state index in [1.54, 1.807) is 0 Å². The lowest BCUT2D eigenvalue weighted by molar-refractivity contribution is 0.0696. The number of carboxylic acid groups (broad SMARTS) is 1. The van der Waals surface area contributed by atoms with Crippen LogP contribution in [0, 0.1) is 0 Å². The summed E-state index contributed by atoms with van der Waals surface area (Å²) in [5, 5.41) is 18.3. The first-order valence-corrected chi connectivity index (χ1v) is 7.86. The summed E-state index contributed by atoms with van der Waals surface area (Å²) < 4.78 is 30.8. The molecule has 21 heavy (non-hydrogen) atoms. The molecule has 9 heteroatoms. The number of phenolic OH excluding ortho intramolecular Hbond substituents is 1. The number of hydrogen-bond donors (Lipinski definition) is 3. The summed E-state index contributed by atoms with van der Waals surface area (Å²) >= 11 is 5.82. The second kappa shape index (κ2) is 5.36. The molecule has 0 amide bonds. The maximum atomic E-state index is 12.3. The Morgan fingerprint density at radius 2 is 2.10 bits per heavy atom. The number of ether oxygens (including phenoxy) is 1. The molecule has 0 unspecified atom stereocenters. The number of carbonyl (C=O) groups is 1. The highest BCUT2D eigenvalue weighted by atomic mass is 35.5. The van der Waals surface area contributed by atoms with Gasteiger partial charge in [-0.25, -0.2) is 13.2 Å². The molecule has 1 aromatic rings. The highest BCUT2D eigenvalue weighted by Gasteiger charge is 2.55. The lowest BCUT2D eigenvalue weighted by Gasteiger charge is -2.18. The van der Waals surface area contributed by atoms with Gasteiger partial charge in [-0.2, -0.15) is 0 Å². The molecule has 3 N–H and O–H groups in total. The molecule has 0 bridgehead atoms. The minimum absolute atomic E-state index is 0.0323. The number of benzene rings is 1. The first-order chi connectivity index (χ1) is 9.72. The van der Waals surface area contributed by atoms with Gasteiger partial charge in [-0.3, -0.25) is 4.72 Å². The predicted octanol–water partition coefficient (Wildman–Crippen LogP) is 1.66. The standard InChI is InChI=1S/C12H14ClNO6S/c1-20-6-12(2-3-12)21(18,19)14-8-4-7(11(16)17)5-9(15)10(8)13/h4-5,14-15H,2-3,6H2,1H3,(H,16,17). The van der Waals surface area contributed by atoms with Crippen molar-refractivity contribution >= 4 is 33.3 Å². The van der Waals surface area contributed by atoms with Gasteiger partial charge in [-0.05, 0) is 25.0 Å². The largest absolute Gasteiger partial charge is 0.506 e. The fourth-order valence-corrected chi connectivity index (χ4v) is 3.74. The van der Waals surface area contributed by atoms with Crippen molar-refractivity contribution < 1.29 is 28.2 Å². The van der Waals surface area contributed by atoms with E-state index in [0.717, 1.165) is 12.1 Å². The fourth-order valence-electron chi connectivity index (χ4n) is 1.95. The van der Waals surface area contributed by atoms with Crippen LogP contribution in [-0.2, 0) is 14.8 Å². The molecule has 0 radical (unpaired) electrons. The molecule has 0 spiro atoms. The molecular weight excluding hydrogens is 322 g/mol. The minimum atomic E-state index is -3.81. The number of sulfonamides is 1. The maximum absolute atomic E-state index is 12.3. The molecule has 0 atom stereocenters. The van der Waals surface area contributed by atoms with E-state index in [1.807, 2.05) is 0 Å². The van der Waals surface area contributed by atoms with Gasteiger partial charge in [0.15, 0.2) is 0 Å². The van der Waals surface area contributed by atoms with Crippen molar-refractivity contribution in [2.45, 2.75) is 17.6 Å². The van der Waals surface area contributed by atoms with Crippen LogP contribution in [0.25, 0.3) is 0 Å². The Labute approximate surface area is 126 Å². The number of carboxylic acids is 1. The van der Waals surface area contributed by atoms with E-state index in [2.05, 4.69) is 4.72 Å². The summed E-state index contributed by atoms with van der Waals surface area (Å²) in [7, 11) is -2.41. The molecule has 0 aliphatic heterocycles. The number of phenols is 1. The number of methoxy groups -OCH3 is 1. The van der Waals surface area contributed by atoms with Crippen LogP contribution in [0.2, 0.25) is 5.02 Å². The van der Waals surface area contributed by atoms with E-state index >= 15 is 0 Å². The molecule has 7 nitrogen and oxygen atoms in total. The molecule has 116 valence electrons. The molecule has 1 saturated carbocycles. The van der Waals surface area contributed by atoms with Crippen LogP contribution in [0.15, 0.2) is 12.1 Å². The Bertz CT molecular complexity index is 683. The number of aromatic hydroxyl groups is 1. The van der Waals surface area contributed by atoms with Crippen molar-refractivity contribution in [1.82, 2.24) is 0 Å². The summed E-state index contributed by atoms with van der Waals surface area (Å²) in [5.41, 5.74) is -0.442. The van der Waals surface area contributed by atoms with E-state index < -0.39 is 26.5 Å². The van der Waals surface area contributed by atoms with Gasteiger partial charge in [0.2, 0.25) is 10.0 Å². The number of anilines is 1. The van der Waals surface area contributed by atoms with Gasteiger partial charge in [-0.1, -0.05) is 11.6 Å². The first kappa shape index (κ1) is 15.9. The van der Waals surface area contributed by atoms with Crippen molar-refractivity contribution in [3.05, 3.63) is 22.7 Å². The second-order valence-corrected chi connectivity index (χ2v) is 7.34. The zero-order valence-corrected chi connectivity index (χ0v) is 12.7. The van der Waals surface area contributed by atoms with E-state index in [9.17, 15) is 18.3 Å². The zero-order chi connectivity index (χ0) is 15.8. The van der Waals surface area contributed by atoms with Gasteiger partial charge in [0.05, 0.1) is 17.9 Å².